The molecule has 0 amide bonds. The van der Waals surface area contributed by atoms with E-state index in [4.69, 9.17) is 10.5 Å². The van der Waals surface area contributed by atoms with E-state index in [1.807, 2.05) is 7.11 Å². The summed E-state index contributed by atoms with van der Waals surface area (Å²) >= 11 is 0. The van der Waals surface area contributed by atoms with E-state index in [0.29, 0.717) is 0 Å². The Kier molecular flexibility index (Phi) is 4.88. The van der Waals surface area contributed by atoms with Crippen LogP contribution in [0, 0.1) is 0 Å². The first-order valence-electron chi connectivity index (χ1n) is 7.80. The zero-order chi connectivity index (χ0) is 13.9. The number of ether oxygens (including phenoxy) is 1. The number of hydrogen-bond acceptors (Lipinski definition) is 4. The van der Waals surface area contributed by atoms with Crippen LogP contribution in [0.3, 0.4) is 0 Å². The summed E-state index contributed by atoms with van der Waals surface area (Å²) in [5.41, 5.74) is 6.42. The van der Waals surface area contributed by atoms with Gasteiger partial charge in [-0.1, -0.05) is 6.92 Å². The zero-order valence-corrected chi connectivity index (χ0v) is 13.0. The third-order valence-electron chi connectivity index (χ3n) is 5.44. The largest absolute Gasteiger partial charge is 0.377 e. The van der Waals surface area contributed by atoms with E-state index < -0.39 is 0 Å². The normalized spacial score (nSPS) is 33.5. The van der Waals surface area contributed by atoms with Gasteiger partial charge in [0.05, 0.1) is 5.60 Å². The van der Waals surface area contributed by atoms with Crippen molar-refractivity contribution in [3.8, 4) is 0 Å². The average molecular weight is 269 g/mol. The Bertz CT molecular complexity index is 289. The molecule has 0 aromatic rings. The maximum atomic E-state index is 6.19. The fraction of sp³-hybridized carbons (Fsp3) is 1.00. The summed E-state index contributed by atoms with van der Waals surface area (Å²) < 4.78 is 5.74. The molecule has 0 bridgehead atoms. The average Bonchev–Trinajstić information content (AvgIpc) is 2.47. The van der Waals surface area contributed by atoms with Crippen molar-refractivity contribution >= 4 is 0 Å². The Balaban J connectivity index is 2.05. The molecule has 1 atom stereocenters. The second-order valence-electron chi connectivity index (χ2n) is 6.54. The summed E-state index contributed by atoms with van der Waals surface area (Å²) in [6.07, 6.45) is 4.81. The van der Waals surface area contributed by atoms with Crippen molar-refractivity contribution in [2.24, 2.45) is 5.73 Å². The number of hydrogen-bond donors (Lipinski definition) is 1. The van der Waals surface area contributed by atoms with Gasteiger partial charge in [0.1, 0.15) is 0 Å². The third-order valence-corrected chi connectivity index (χ3v) is 5.44. The summed E-state index contributed by atoms with van der Waals surface area (Å²) in [6, 6.07) is 0. The molecule has 2 saturated heterocycles. The molecule has 4 nitrogen and oxygen atoms in total. The van der Waals surface area contributed by atoms with Crippen molar-refractivity contribution in [2.45, 2.75) is 50.7 Å². The van der Waals surface area contributed by atoms with Crippen molar-refractivity contribution < 1.29 is 4.74 Å². The third kappa shape index (κ3) is 3.13. The maximum Gasteiger partial charge on any atom is 0.0777 e. The van der Waals surface area contributed by atoms with E-state index in [1.165, 1.54) is 45.3 Å². The molecular formula is C15H31N3O. The van der Waals surface area contributed by atoms with Gasteiger partial charge in [0, 0.05) is 25.7 Å². The molecule has 1 unspecified atom stereocenters. The highest BCUT2D eigenvalue weighted by atomic mass is 16.5. The van der Waals surface area contributed by atoms with E-state index in [9.17, 15) is 0 Å². The molecule has 0 spiro atoms. The van der Waals surface area contributed by atoms with E-state index in [1.54, 1.807) is 0 Å². The molecule has 2 fully saturated rings. The van der Waals surface area contributed by atoms with Gasteiger partial charge in [-0.2, -0.15) is 0 Å². The lowest BCUT2D eigenvalue weighted by Gasteiger charge is -2.53. The number of methoxy groups -OCH3 is 1. The van der Waals surface area contributed by atoms with E-state index in [-0.39, 0.29) is 11.1 Å². The molecule has 112 valence electrons. The Hall–Kier alpha value is -0.160. The van der Waals surface area contributed by atoms with E-state index >= 15 is 0 Å². The van der Waals surface area contributed by atoms with Gasteiger partial charge in [-0.25, -0.2) is 0 Å². The van der Waals surface area contributed by atoms with Crippen LogP contribution in [0.4, 0.5) is 0 Å². The minimum atomic E-state index is 0.0162. The van der Waals surface area contributed by atoms with Crippen molar-refractivity contribution in [1.82, 2.24) is 9.80 Å². The van der Waals surface area contributed by atoms with Crippen molar-refractivity contribution in [1.29, 1.82) is 0 Å². The van der Waals surface area contributed by atoms with Gasteiger partial charge < -0.3 is 15.4 Å². The number of rotatable bonds is 4. The summed E-state index contributed by atoms with van der Waals surface area (Å²) in [6.45, 7) is 11.0. The summed E-state index contributed by atoms with van der Waals surface area (Å²) in [7, 11) is 1.85. The number of likely N-dealkylation sites (tertiary alicyclic amines) is 2. The van der Waals surface area contributed by atoms with Gasteiger partial charge in [0.2, 0.25) is 0 Å². The molecule has 2 aliphatic rings. The summed E-state index contributed by atoms with van der Waals surface area (Å²) in [4.78, 5) is 5.17. The molecule has 4 heteroatoms. The Labute approximate surface area is 118 Å². The molecule has 2 aliphatic heterocycles. The number of piperidine rings is 2. The Morgan fingerprint density at radius 2 is 1.84 bits per heavy atom. The maximum absolute atomic E-state index is 6.19. The molecule has 0 aromatic heterocycles. The number of nitrogens with two attached hydrogens (primary N) is 1. The van der Waals surface area contributed by atoms with Crippen LogP contribution in [0.25, 0.3) is 0 Å². The van der Waals surface area contributed by atoms with Crippen LogP contribution in [-0.4, -0.2) is 67.3 Å². The monoisotopic (exact) mass is 269 g/mol. The highest BCUT2D eigenvalue weighted by molar-refractivity contribution is 5.00. The zero-order valence-electron chi connectivity index (χ0n) is 13.0. The van der Waals surface area contributed by atoms with Crippen molar-refractivity contribution in [3.63, 3.8) is 0 Å². The molecule has 0 aromatic carbocycles. The lowest BCUT2D eigenvalue weighted by Crippen LogP contribution is -2.64. The van der Waals surface area contributed by atoms with Crippen LogP contribution in [0.2, 0.25) is 0 Å². The van der Waals surface area contributed by atoms with Crippen LogP contribution >= 0.6 is 0 Å². The highest BCUT2D eigenvalue weighted by Crippen LogP contribution is 2.34. The first-order valence-corrected chi connectivity index (χ1v) is 7.80. The molecule has 0 radical (unpaired) electrons. The Morgan fingerprint density at radius 1 is 1.16 bits per heavy atom. The van der Waals surface area contributed by atoms with Crippen molar-refractivity contribution in [2.75, 3.05) is 46.4 Å². The summed E-state index contributed by atoms with van der Waals surface area (Å²) in [5.74, 6) is 0. The first kappa shape index (κ1) is 15.2. The topological polar surface area (TPSA) is 41.7 Å². The van der Waals surface area contributed by atoms with Gasteiger partial charge in [0.25, 0.3) is 0 Å². The van der Waals surface area contributed by atoms with Gasteiger partial charge in [-0.3, -0.25) is 4.90 Å². The number of nitrogens with zero attached hydrogens (tertiary/aromatic N) is 2. The van der Waals surface area contributed by atoms with Crippen molar-refractivity contribution in [3.05, 3.63) is 0 Å². The van der Waals surface area contributed by atoms with E-state index in [2.05, 4.69) is 23.6 Å². The van der Waals surface area contributed by atoms with Crippen LogP contribution in [0.5, 0.6) is 0 Å². The predicted molar refractivity (Wildman–Crippen MR) is 79.4 cm³/mol. The lowest BCUT2D eigenvalue weighted by molar-refractivity contribution is -0.0911. The quantitative estimate of drug-likeness (QED) is 0.835. The second kappa shape index (κ2) is 6.08. The first-order chi connectivity index (χ1) is 9.07. The van der Waals surface area contributed by atoms with E-state index in [0.717, 1.165) is 19.6 Å². The van der Waals surface area contributed by atoms with Crippen LogP contribution in [0.15, 0.2) is 0 Å². The smallest absolute Gasteiger partial charge is 0.0777 e. The van der Waals surface area contributed by atoms with Crippen LogP contribution in [0.1, 0.15) is 39.5 Å². The van der Waals surface area contributed by atoms with Gasteiger partial charge >= 0.3 is 0 Å². The molecule has 2 heterocycles. The molecule has 2 rings (SSSR count). The molecule has 2 N–H and O–H groups in total. The second-order valence-corrected chi connectivity index (χ2v) is 6.54. The van der Waals surface area contributed by atoms with Crippen LogP contribution < -0.4 is 5.73 Å². The molecule has 19 heavy (non-hydrogen) atoms. The SMILES string of the molecule is CCN1CCC(CN)(N2CCCC(C)(OC)C2)CC1. The minimum absolute atomic E-state index is 0.0162. The molecular weight excluding hydrogens is 238 g/mol. The fourth-order valence-corrected chi connectivity index (χ4v) is 3.71. The predicted octanol–water partition coefficient (Wildman–Crippen LogP) is 1.30. The van der Waals surface area contributed by atoms with Gasteiger partial charge in [-0.15, -0.1) is 0 Å². The minimum Gasteiger partial charge on any atom is -0.377 e. The van der Waals surface area contributed by atoms with Gasteiger partial charge in [-0.05, 0) is 58.8 Å². The van der Waals surface area contributed by atoms with Crippen LogP contribution in [-0.2, 0) is 4.74 Å². The lowest BCUT2D eigenvalue weighted by atomic mass is 9.82. The Morgan fingerprint density at radius 3 is 2.37 bits per heavy atom. The van der Waals surface area contributed by atoms with Gasteiger partial charge in [0.15, 0.2) is 0 Å². The molecule has 0 saturated carbocycles. The molecule has 0 aliphatic carbocycles. The fourth-order valence-electron chi connectivity index (χ4n) is 3.71. The summed E-state index contributed by atoms with van der Waals surface area (Å²) in [5, 5.41) is 0. The highest BCUT2D eigenvalue weighted by Gasteiger charge is 2.43. The standard InChI is InChI=1S/C15H31N3O/c1-4-17-10-7-15(12-16,8-11-17)18-9-5-6-14(2,13-18)19-3/h4-13,16H2,1-3H3.